The molecule has 1 saturated heterocycles. The van der Waals surface area contributed by atoms with Crippen LogP contribution in [0.1, 0.15) is 55.7 Å². The molecular weight excluding hydrogens is 290 g/mol. The standard InChI is InChI=1S/C23H30N/c1-2-3-6-11-20-16-18-24(19-17-20)23(21-12-7-4-8-13-21)22-14-9-5-10-15-22/h4-5,7-10,12-15,20,23H,1-3,6,11,16-19H2. The van der Waals surface area contributed by atoms with Gasteiger partial charge in [0.1, 0.15) is 0 Å². The third-order valence-electron chi connectivity index (χ3n) is 5.36. The van der Waals surface area contributed by atoms with E-state index in [9.17, 15) is 0 Å². The van der Waals surface area contributed by atoms with E-state index in [0.29, 0.717) is 6.04 Å². The van der Waals surface area contributed by atoms with Crippen LogP contribution >= 0.6 is 0 Å². The number of likely N-dealkylation sites (tertiary alicyclic amines) is 1. The Morgan fingerprint density at radius 2 is 1.38 bits per heavy atom. The van der Waals surface area contributed by atoms with E-state index in [1.54, 1.807) is 0 Å². The first-order valence-electron chi connectivity index (χ1n) is 9.51. The number of benzene rings is 2. The van der Waals surface area contributed by atoms with Crippen LogP contribution in [0, 0.1) is 12.8 Å². The third-order valence-corrected chi connectivity index (χ3v) is 5.36. The largest absolute Gasteiger partial charge is 0.292 e. The minimum atomic E-state index is 0.396. The van der Waals surface area contributed by atoms with Crippen molar-refractivity contribution in [3.8, 4) is 0 Å². The molecule has 0 N–H and O–H groups in total. The smallest absolute Gasteiger partial charge is 0.0601 e. The Bertz CT molecular complexity index is 530. The third kappa shape index (κ3) is 4.48. The highest BCUT2D eigenvalue weighted by Crippen LogP contribution is 2.33. The molecule has 2 aromatic rings. The molecule has 0 spiro atoms. The minimum absolute atomic E-state index is 0.396. The number of unbranched alkanes of at least 4 members (excludes halogenated alkanes) is 2. The van der Waals surface area contributed by atoms with Gasteiger partial charge in [0.25, 0.3) is 0 Å². The Morgan fingerprint density at radius 1 is 0.833 bits per heavy atom. The van der Waals surface area contributed by atoms with Gasteiger partial charge in [-0.05, 0) is 43.0 Å². The summed E-state index contributed by atoms with van der Waals surface area (Å²) in [5.41, 5.74) is 2.83. The molecule has 0 saturated carbocycles. The van der Waals surface area contributed by atoms with Gasteiger partial charge >= 0.3 is 0 Å². The van der Waals surface area contributed by atoms with E-state index in [1.807, 2.05) is 0 Å². The van der Waals surface area contributed by atoms with E-state index in [4.69, 9.17) is 0 Å². The molecule has 0 aliphatic carbocycles. The highest BCUT2D eigenvalue weighted by Gasteiger charge is 2.26. The van der Waals surface area contributed by atoms with Gasteiger partial charge in [0.2, 0.25) is 0 Å². The van der Waals surface area contributed by atoms with Crippen molar-refractivity contribution in [2.75, 3.05) is 13.1 Å². The lowest BCUT2D eigenvalue weighted by atomic mass is 9.88. The molecule has 1 aliphatic heterocycles. The fraction of sp³-hybridized carbons (Fsp3) is 0.435. The summed E-state index contributed by atoms with van der Waals surface area (Å²) in [6.45, 7) is 6.39. The summed E-state index contributed by atoms with van der Waals surface area (Å²) >= 11 is 0. The summed E-state index contributed by atoms with van der Waals surface area (Å²) in [6.07, 6.45) is 7.81. The molecule has 24 heavy (non-hydrogen) atoms. The van der Waals surface area contributed by atoms with Gasteiger partial charge in [-0.1, -0.05) is 93.3 Å². The Hall–Kier alpha value is -1.60. The zero-order valence-corrected chi connectivity index (χ0v) is 14.7. The maximum atomic E-state index is 3.96. The fourth-order valence-electron chi connectivity index (χ4n) is 3.99. The van der Waals surface area contributed by atoms with E-state index in [2.05, 4.69) is 72.5 Å². The lowest BCUT2D eigenvalue weighted by Gasteiger charge is -2.38. The van der Waals surface area contributed by atoms with Crippen molar-refractivity contribution >= 4 is 0 Å². The highest BCUT2D eigenvalue weighted by atomic mass is 15.2. The van der Waals surface area contributed by atoms with Gasteiger partial charge in [-0.15, -0.1) is 0 Å². The van der Waals surface area contributed by atoms with Gasteiger partial charge in [0.05, 0.1) is 6.04 Å². The van der Waals surface area contributed by atoms with Crippen LogP contribution in [0.25, 0.3) is 0 Å². The monoisotopic (exact) mass is 320 g/mol. The van der Waals surface area contributed by atoms with Crippen LogP contribution in [-0.2, 0) is 0 Å². The number of hydrogen-bond acceptors (Lipinski definition) is 1. The molecule has 1 aliphatic rings. The van der Waals surface area contributed by atoms with Gasteiger partial charge in [0.15, 0.2) is 0 Å². The summed E-state index contributed by atoms with van der Waals surface area (Å²) in [7, 11) is 0. The van der Waals surface area contributed by atoms with Crippen LogP contribution < -0.4 is 0 Å². The summed E-state index contributed by atoms with van der Waals surface area (Å²) < 4.78 is 0. The SMILES string of the molecule is [CH2]CCCCC1CCN(C(c2ccccc2)c2ccccc2)CC1. The number of piperidine rings is 1. The first kappa shape index (κ1) is 17.2. The maximum Gasteiger partial charge on any atom is 0.0601 e. The van der Waals surface area contributed by atoms with Crippen LogP contribution in [-0.4, -0.2) is 18.0 Å². The molecule has 3 rings (SSSR count). The molecule has 0 aromatic heterocycles. The van der Waals surface area contributed by atoms with E-state index in [-0.39, 0.29) is 0 Å². The second-order valence-electron chi connectivity index (χ2n) is 7.05. The van der Waals surface area contributed by atoms with Crippen LogP contribution in [0.2, 0.25) is 0 Å². The quantitative estimate of drug-likeness (QED) is 0.576. The maximum absolute atomic E-state index is 3.96. The highest BCUT2D eigenvalue weighted by molar-refractivity contribution is 5.31. The van der Waals surface area contributed by atoms with Crippen molar-refractivity contribution in [1.82, 2.24) is 4.90 Å². The topological polar surface area (TPSA) is 3.24 Å². The molecular formula is C23H30N. The van der Waals surface area contributed by atoms with Gasteiger partial charge < -0.3 is 0 Å². The molecule has 0 amide bonds. The van der Waals surface area contributed by atoms with Crippen molar-refractivity contribution in [1.29, 1.82) is 0 Å². The lowest BCUT2D eigenvalue weighted by Crippen LogP contribution is -2.37. The second kappa shape index (κ2) is 9.03. The number of rotatable bonds is 7. The predicted molar refractivity (Wildman–Crippen MR) is 103 cm³/mol. The molecule has 127 valence electrons. The van der Waals surface area contributed by atoms with Crippen molar-refractivity contribution in [2.24, 2.45) is 5.92 Å². The molecule has 2 aromatic carbocycles. The summed E-state index contributed by atoms with van der Waals surface area (Å²) in [6, 6.07) is 22.4. The van der Waals surface area contributed by atoms with Crippen LogP contribution in [0.5, 0.6) is 0 Å². The van der Waals surface area contributed by atoms with Crippen molar-refractivity contribution < 1.29 is 0 Å². The lowest BCUT2D eigenvalue weighted by molar-refractivity contribution is 0.146. The van der Waals surface area contributed by atoms with E-state index in [1.165, 1.54) is 56.3 Å². The van der Waals surface area contributed by atoms with Gasteiger partial charge in [0, 0.05) is 0 Å². The van der Waals surface area contributed by atoms with Gasteiger partial charge in [-0.2, -0.15) is 0 Å². The van der Waals surface area contributed by atoms with E-state index in [0.717, 1.165) is 12.3 Å². The minimum Gasteiger partial charge on any atom is -0.292 e. The van der Waals surface area contributed by atoms with Crippen molar-refractivity contribution in [3.05, 3.63) is 78.7 Å². The molecule has 0 atom stereocenters. The molecule has 0 unspecified atom stereocenters. The van der Waals surface area contributed by atoms with Crippen LogP contribution in [0.4, 0.5) is 0 Å². The summed E-state index contributed by atoms with van der Waals surface area (Å²) in [5, 5.41) is 0. The number of hydrogen-bond donors (Lipinski definition) is 0. The predicted octanol–water partition coefficient (Wildman–Crippen LogP) is 5.88. The van der Waals surface area contributed by atoms with Crippen molar-refractivity contribution in [3.63, 3.8) is 0 Å². The first-order valence-corrected chi connectivity index (χ1v) is 9.51. The Balaban J connectivity index is 1.69. The Morgan fingerprint density at radius 3 is 1.88 bits per heavy atom. The molecule has 1 radical (unpaired) electrons. The average molecular weight is 321 g/mol. The molecule has 1 fully saturated rings. The van der Waals surface area contributed by atoms with Crippen LogP contribution in [0.15, 0.2) is 60.7 Å². The Kier molecular flexibility index (Phi) is 6.48. The number of nitrogens with zero attached hydrogens (tertiary/aromatic N) is 1. The average Bonchev–Trinajstić information content (AvgIpc) is 2.65. The zero-order chi connectivity index (χ0) is 16.6. The summed E-state index contributed by atoms with van der Waals surface area (Å²) in [5.74, 6) is 0.917. The van der Waals surface area contributed by atoms with Gasteiger partial charge in [-0.25, -0.2) is 0 Å². The Labute approximate surface area is 147 Å². The van der Waals surface area contributed by atoms with Crippen molar-refractivity contribution in [2.45, 2.75) is 44.6 Å². The molecule has 1 heteroatoms. The molecule has 0 bridgehead atoms. The second-order valence-corrected chi connectivity index (χ2v) is 7.05. The van der Waals surface area contributed by atoms with E-state index < -0.39 is 0 Å². The molecule has 1 nitrogen and oxygen atoms in total. The zero-order valence-electron chi connectivity index (χ0n) is 14.7. The normalized spacial score (nSPS) is 16.6. The van der Waals surface area contributed by atoms with Gasteiger partial charge in [-0.3, -0.25) is 4.90 Å². The van der Waals surface area contributed by atoms with E-state index >= 15 is 0 Å². The first-order chi connectivity index (χ1) is 11.9. The summed E-state index contributed by atoms with van der Waals surface area (Å²) in [4.78, 5) is 2.68. The fourth-order valence-corrected chi connectivity index (χ4v) is 3.99. The molecule has 1 heterocycles. The van der Waals surface area contributed by atoms with Crippen LogP contribution in [0.3, 0.4) is 0 Å².